The highest BCUT2D eigenvalue weighted by molar-refractivity contribution is 7.09. The van der Waals surface area contributed by atoms with Crippen LogP contribution >= 0.6 is 11.3 Å². The van der Waals surface area contributed by atoms with Crippen LogP contribution in [0.3, 0.4) is 0 Å². The summed E-state index contributed by atoms with van der Waals surface area (Å²) in [5.74, 6) is 1.27. The highest BCUT2D eigenvalue weighted by atomic mass is 32.1. The Balaban J connectivity index is 1.99. The number of ether oxygens (including phenoxy) is 2. The summed E-state index contributed by atoms with van der Waals surface area (Å²) >= 11 is 1.56. The van der Waals surface area contributed by atoms with Crippen LogP contribution in [0.15, 0.2) is 23.6 Å². The van der Waals surface area contributed by atoms with Gasteiger partial charge in [-0.1, -0.05) is 26.0 Å². The van der Waals surface area contributed by atoms with E-state index in [2.05, 4.69) is 38.7 Å². The van der Waals surface area contributed by atoms with Crippen LogP contribution in [-0.2, 0) is 22.7 Å². The fourth-order valence-corrected chi connectivity index (χ4v) is 3.31. The zero-order valence-electron chi connectivity index (χ0n) is 16.2. The molecule has 1 heterocycles. The van der Waals surface area contributed by atoms with Gasteiger partial charge < -0.3 is 14.4 Å². The minimum Gasteiger partial charge on any atom is -0.486 e. The summed E-state index contributed by atoms with van der Waals surface area (Å²) in [6.07, 6.45) is 0. The second-order valence-corrected chi connectivity index (χ2v) is 7.76. The molecule has 0 bridgehead atoms. The van der Waals surface area contributed by atoms with E-state index in [1.54, 1.807) is 16.2 Å². The maximum Gasteiger partial charge on any atom is 0.248 e. The van der Waals surface area contributed by atoms with Crippen molar-refractivity contribution in [3.8, 4) is 5.75 Å². The highest BCUT2D eigenvalue weighted by Gasteiger charge is 2.17. The normalized spacial score (nSPS) is 11.0. The van der Waals surface area contributed by atoms with Crippen molar-refractivity contribution in [3.05, 3.63) is 45.4 Å². The molecule has 0 radical (unpaired) electrons. The Bertz CT molecular complexity index is 728. The lowest BCUT2D eigenvalue weighted by atomic mass is 10.1. The van der Waals surface area contributed by atoms with E-state index in [0.29, 0.717) is 25.6 Å². The van der Waals surface area contributed by atoms with Gasteiger partial charge >= 0.3 is 0 Å². The van der Waals surface area contributed by atoms with Crippen LogP contribution in [0.4, 0.5) is 0 Å². The van der Waals surface area contributed by atoms with Gasteiger partial charge in [0.25, 0.3) is 0 Å². The minimum absolute atomic E-state index is 0.0117. The number of carbonyl (C=O) groups is 1. The highest BCUT2D eigenvalue weighted by Crippen LogP contribution is 2.22. The van der Waals surface area contributed by atoms with Gasteiger partial charge in [0.1, 0.15) is 24.0 Å². The second kappa shape index (κ2) is 9.69. The van der Waals surface area contributed by atoms with Gasteiger partial charge in [-0.2, -0.15) is 0 Å². The number of hydrogen-bond acceptors (Lipinski definition) is 5. The second-order valence-electron chi connectivity index (χ2n) is 6.82. The number of hydrogen-bond donors (Lipinski definition) is 0. The number of aryl methyl sites for hydroxylation is 1. The predicted molar refractivity (Wildman–Crippen MR) is 104 cm³/mol. The molecule has 2 aromatic rings. The summed E-state index contributed by atoms with van der Waals surface area (Å²) in [6, 6.07) is 6.05. The van der Waals surface area contributed by atoms with E-state index in [4.69, 9.17) is 9.47 Å². The van der Waals surface area contributed by atoms with E-state index in [0.717, 1.165) is 22.0 Å². The first-order chi connectivity index (χ1) is 12.4. The molecule has 0 saturated heterocycles. The molecule has 0 unspecified atom stereocenters. The van der Waals surface area contributed by atoms with Gasteiger partial charge in [0.2, 0.25) is 5.91 Å². The van der Waals surface area contributed by atoms with Crippen LogP contribution in [0.1, 0.15) is 35.7 Å². The fourth-order valence-electron chi connectivity index (χ4n) is 2.61. The number of carbonyl (C=O) groups excluding carboxylic acids is 1. The Morgan fingerprint density at radius 2 is 2.08 bits per heavy atom. The van der Waals surface area contributed by atoms with E-state index in [1.807, 2.05) is 17.5 Å². The molecule has 0 saturated carbocycles. The summed E-state index contributed by atoms with van der Waals surface area (Å²) in [4.78, 5) is 18.7. The Morgan fingerprint density at radius 3 is 2.77 bits per heavy atom. The van der Waals surface area contributed by atoms with Gasteiger partial charge in [-0.15, -0.1) is 11.3 Å². The van der Waals surface area contributed by atoms with Gasteiger partial charge in [0.15, 0.2) is 0 Å². The number of methoxy groups -OCH3 is 1. The molecule has 1 amide bonds. The SMILES string of the molecule is COCC(=O)N(Cc1csc(COc2cccc(C)c2C)n1)CC(C)C. The molecule has 0 fully saturated rings. The maximum absolute atomic E-state index is 12.2. The van der Waals surface area contributed by atoms with Crippen molar-refractivity contribution in [2.75, 3.05) is 20.3 Å². The monoisotopic (exact) mass is 376 g/mol. The molecule has 142 valence electrons. The van der Waals surface area contributed by atoms with Crippen molar-refractivity contribution in [2.45, 2.75) is 40.8 Å². The Kier molecular flexibility index (Phi) is 7.60. The van der Waals surface area contributed by atoms with Gasteiger partial charge in [0.05, 0.1) is 12.2 Å². The third-order valence-electron chi connectivity index (χ3n) is 4.06. The standard InChI is InChI=1S/C20H28N2O3S/c1-14(2)9-22(20(23)12-24-5)10-17-13-26-19(21-17)11-25-18-8-6-7-15(3)16(18)4/h6-8,13-14H,9-12H2,1-5H3. The van der Waals surface area contributed by atoms with E-state index in [-0.39, 0.29) is 12.5 Å². The fraction of sp³-hybridized carbons (Fsp3) is 0.500. The Labute approximate surface area is 160 Å². The van der Waals surface area contributed by atoms with Crippen LogP contribution in [0, 0.1) is 19.8 Å². The van der Waals surface area contributed by atoms with E-state index < -0.39 is 0 Å². The van der Waals surface area contributed by atoms with Crippen LogP contribution < -0.4 is 4.74 Å². The quantitative estimate of drug-likeness (QED) is 0.664. The summed E-state index contributed by atoms with van der Waals surface area (Å²) < 4.78 is 10.9. The van der Waals surface area contributed by atoms with Crippen molar-refractivity contribution in [3.63, 3.8) is 0 Å². The number of thiazole rings is 1. The zero-order chi connectivity index (χ0) is 19.1. The van der Waals surface area contributed by atoms with Crippen molar-refractivity contribution < 1.29 is 14.3 Å². The van der Waals surface area contributed by atoms with Gasteiger partial charge in [-0.05, 0) is 37.0 Å². The van der Waals surface area contributed by atoms with Crippen molar-refractivity contribution >= 4 is 17.2 Å². The Morgan fingerprint density at radius 1 is 1.31 bits per heavy atom. The van der Waals surface area contributed by atoms with Crippen LogP contribution in [0.5, 0.6) is 5.75 Å². The molecule has 0 aliphatic rings. The largest absolute Gasteiger partial charge is 0.486 e. The topological polar surface area (TPSA) is 51.7 Å². The Hall–Kier alpha value is -1.92. The summed E-state index contributed by atoms with van der Waals surface area (Å²) in [5.41, 5.74) is 3.25. The first-order valence-corrected chi connectivity index (χ1v) is 9.67. The predicted octanol–water partition coefficient (Wildman–Crippen LogP) is 3.97. The summed E-state index contributed by atoms with van der Waals surface area (Å²) in [6.45, 7) is 10.0. The third-order valence-corrected chi connectivity index (χ3v) is 4.94. The first kappa shape index (κ1) is 20.4. The summed E-state index contributed by atoms with van der Waals surface area (Å²) in [7, 11) is 1.54. The molecular formula is C20H28N2O3S. The van der Waals surface area contributed by atoms with E-state index in [9.17, 15) is 4.79 Å². The smallest absolute Gasteiger partial charge is 0.248 e. The van der Waals surface area contributed by atoms with Gasteiger partial charge in [-0.3, -0.25) is 4.79 Å². The van der Waals surface area contributed by atoms with E-state index >= 15 is 0 Å². The van der Waals surface area contributed by atoms with Crippen molar-refractivity contribution in [1.29, 1.82) is 0 Å². The molecule has 0 atom stereocenters. The number of rotatable bonds is 9. The third kappa shape index (κ3) is 5.81. The molecule has 1 aromatic heterocycles. The van der Waals surface area contributed by atoms with Crippen LogP contribution in [0.25, 0.3) is 0 Å². The lowest BCUT2D eigenvalue weighted by Crippen LogP contribution is -2.36. The molecule has 5 nitrogen and oxygen atoms in total. The van der Waals surface area contributed by atoms with E-state index in [1.165, 1.54) is 12.7 Å². The first-order valence-electron chi connectivity index (χ1n) is 8.79. The molecular weight excluding hydrogens is 348 g/mol. The number of amides is 1. The molecule has 0 spiro atoms. The van der Waals surface area contributed by atoms with Crippen LogP contribution in [-0.4, -0.2) is 36.1 Å². The molecule has 0 aliphatic heterocycles. The van der Waals surface area contributed by atoms with Gasteiger partial charge in [-0.25, -0.2) is 4.98 Å². The molecule has 0 aliphatic carbocycles. The summed E-state index contributed by atoms with van der Waals surface area (Å²) in [5, 5.41) is 2.90. The molecule has 6 heteroatoms. The maximum atomic E-state index is 12.2. The molecule has 0 N–H and O–H groups in total. The minimum atomic E-state index is -0.0117. The average Bonchev–Trinajstić information content (AvgIpc) is 3.03. The number of benzene rings is 1. The molecule has 1 aromatic carbocycles. The number of aromatic nitrogens is 1. The lowest BCUT2D eigenvalue weighted by molar-refractivity contribution is -0.136. The van der Waals surface area contributed by atoms with Crippen molar-refractivity contribution in [1.82, 2.24) is 9.88 Å². The zero-order valence-corrected chi connectivity index (χ0v) is 17.1. The molecule has 26 heavy (non-hydrogen) atoms. The molecule has 2 rings (SSSR count). The lowest BCUT2D eigenvalue weighted by Gasteiger charge is -2.23. The van der Waals surface area contributed by atoms with Crippen LogP contribution in [0.2, 0.25) is 0 Å². The number of nitrogens with zero attached hydrogens (tertiary/aromatic N) is 2. The van der Waals surface area contributed by atoms with Crippen molar-refractivity contribution in [2.24, 2.45) is 5.92 Å². The average molecular weight is 377 g/mol. The van der Waals surface area contributed by atoms with Gasteiger partial charge in [0, 0.05) is 19.0 Å².